The molecule has 1 fully saturated rings. The van der Waals surface area contributed by atoms with Crippen LogP contribution in [0, 0.1) is 5.92 Å². The fraction of sp³-hybridized carbons (Fsp3) is 0.769. The predicted molar refractivity (Wildman–Crippen MR) is 68.4 cm³/mol. The Morgan fingerprint density at radius 1 is 1.53 bits per heavy atom. The summed E-state index contributed by atoms with van der Waals surface area (Å²) >= 11 is 0. The Balaban J connectivity index is 1.85. The number of carbonyl (C=O) groups is 1. The van der Waals surface area contributed by atoms with Crippen LogP contribution in [0.25, 0.3) is 0 Å². The average molecular weight is 267 g/mol. The summed E-state index contributed by atoms with van der Waals surface area (Å²) in [5, 5.41) is 6.66. The lowest BCUT2D eigenvalue weighted by molar-refractivity contribution is -0.120. The summed E-state index contributed by atoms with van der Waals surface area (Å²) in [4.78, 5) is 15.9. The predicted octanol–water partition coefficient (Wildman–Crippen LogP) is 1.63. The zero-order valence-electron chi connectivity index (χ0n) is 11.5. The molecule has 0 aliphatic carbocycles. The van der Waals surface area contributed by atoms with Gasteiger partial charge < -0.3 is 14.6 Å². The molecule has 1 N–H and O–H groups in total. The molecular formula is C13H21N3O3. The van der Waals surface area contributed by atoms with Crippen molar-refractivity contribution in [1.82, 2.24) is 15.5 Å². The van der Waals surface area contributed by atoms with Gasteiger partial charge in [-0.15, -0.1) is 0 Å². The summed E-state index contributed by atoms with van der Waals surface area (Å²) in [6, 6.07) is 0. The maximum atomic E-state index is 11.6. The molecule has 6 nitrogen and oxygen atoms in total. The minimum absolute atomic E-state index is 0.0683. The number of nitrogens with one attached hydrogen (secondary N) is 1. The molecule has 1 aliphatic rings. The fourth-order valence-electron chi connectivity index (χ4n) is 2.08. The summed E-state index contributed by atoms with van der Waals surface area (Å²) in [6.45, 7) is 5.60. The van der Waals surface area contributed by atoms with Crippen LogP contribution in [0.3, 0.4) is 0 Å². The van der Waals surface area contributed by atoms with Crippen LogP contribution in [-0.2, 0) is 16.0 Å². The van der Waals surface area contributed by atoms with Gasteiger partial charge in [-0.3, -0.25) is 4.79 Å². The van der Waals surface area contributed by atoms with Crippen LogP contribution in [0.5, 0.6) is 0 Å². The maximum Gasteiger partial charge on any atom is 0.256 e. The number of amides is 1. The molecule has 0 bridgehead atoms. The van der Waals surface area contributed by atoms with E-state index >= 15 is 0 Å². The molecule has 1 saturated heterocycles. The molecule has 106 valence electrons. The second-order valence-corrected chi connectivity index (χ2v) is 4.99. The van der Waals surface area contributed by atoms with Crippen LogP contribution >= 0.6 is 0 Å². The largest absolute Gasteiger partial charge is 0.368 e. The Hall–Kier alpha value is -1.43. The normalized spacial score (nSPS) is 22.6. The van der Waals surface area contributed by atoms with Crippen LogP contribution in [0.1, 0.15) is 50.9 Å². The first kappa shape index (κ1) is 14.0. The number of unbranched alkanes of at least 4 members (excludes halogenated alkanes) is 1. The van der Waals surface area contributed by atoms with Crippen molar-refractivity contribution in [2.75, 3.05) is 13.2 Å². The molecule has 2 rings (SSSR count). The molecule has 1 aromatic heterocycles. The van der Waals surface area contributed by atoms with Gasteiger partial charge in [-0.2, -0.15) is 4.98 Å². The lowest BCUT2D eigenvalue weighted by Crippen LogP contribution is -2.26. The molecule has 1 amide bonds. The van der Waals surface area contributed by atoms with Gasteiger partial charge in [0.15, 0.2) is 5.82 Å². The highest BCUT2D eigenvalue weighted by Gasteiger charge is 2.30. The van der Waals surface area contributed by atoms with Crippen molar-refractivity contribution in [3.63, 3.8) is 0 Å². The average Bonchev–Trinajstić information content (AvgIpc) is 2.98. The lowest BCUT2D eigenvalue weighted by atomic mass is 10.0. The second kappa shape index (κ2) is 6.65. The van der Waals surface area contributed by atoms with E-state index in [9.17, 15) is 4.79 Å². The first-order valence-electron chi connectivity index (χ1n) is 6.91. The quantitative estimate of drug-likeness (QED) is 0.793. The lowest BCUT2D eigenvalue weighted by Gasteiger charge is -2.07. The third-order valence-corrected chi connectivity index (χ3v) is 3.29. The highest BCUT2D eigenvalue weighted by atomic mass is 16.5. The molecule has 0 unspecified atom stereocenters. The number of aromatic nitrogens is 2. The Bertz CT molecular complexity index is 419. The van der Waals surface area contributed by atoms with Crippen LogP contribution in [0.2, 0.25) is 0 Å². The van der Waals surface area contributed by atoms with Crippen molar-refractivity contribution >= 4 is 5.91 Å². The van der Waals surface area contributed by atoms with Gasteiger partial charge in [0.05, 0.1) is 6.42 Å². The third-order valence-electron chi connectivity index (χ3n) is 3.29. The minimum atomic E-state index is -0.121. The van der Waals surface area contributed by atoms with E-state index in [2.05, 4.69) is 29.3 Å². The maximum absolute atomic E-state index is 11.6. The first-order valence-corrected chi connectivity index (χ1v) is 6.91. The van der Waals surface area contributed by atoms with Crippen LogP contribution < -0.4 is 5.32 Å². The summed E-state index contributed by atoms with van der Waals surface area (Å²) in [5.41, 5.74) is 0. The van der Waals surface area contributed by atoms with E-state index < -0.39 is 0 Å². The molecular weight excluding hydrogens is 246 g/mol. The molecule has 0 radical (unpaired) electrons. The van der Waals surface area contributed by atoms with Gasteiger partial charge in [0.2, 0.25) is 5.91 Å². The zero-order chi connectivity index (χ0) is 13.7. The number of rotatable bonds is 6. The number of carbonyl (C=O) groups excluding carboxylic acids is 1. The Morgan fingerprint density at radius 2 is 2.37 bits per heavy atom. The van der Waals surface area contributed by atoms with E-state index in [1.165, 1.54) is 0 Å². The monoisotopic (exact) mass is 267 g/mol. The minimum Gasteiger partial charge on any atom is -0.368 e. The van der Waals surface area contributed by atoms with E-state index in [-0.39, 0.29) is 18.4 Å². The van der Waals surface area contributed by atoms with Gasteiger partial charge in [0, 0.05) is 13.2 Å². The van der Waals surface area contributed by atoms with Gasteiger partial charge in [-0.1, -0.05) is 25.4 Å². The third kappa shape index (κ3) is 3.76. The Labute approximate surface area is 112 Å². The van der Waals surface area contributed by atoms with E-state index in [1.807, 2.05) is 0 Å². The van der Waals surface area contributed by atoms with E-state index in [4.69, 9.17) is 9.26 Å². The van der Waals surface area contributed by atoms with Crippen LogP contribution in [0.15, 0.2) is 4.52 Å². The smallest absolute Gasteiger partial charge is 0.256 e. The molecule has 0 spiro atoms. The van der Waals surface area contributed by atoms with Gasteiger partial charge in [0.25, 0.3) is 5.89 Å². The Morgan fingerprint density at radius 3 is 3.05 bits per heavy atom. The van der Waals surface area contributed by atoms with Gasteiger partial charge in [-0.05, 0) is 18.8 Å². The number of nitrogens with zero attached hydrogens (tertiary/aromatic N) is 2. The zero-order valence-corrected chi connectivity index (χ0v) is 11.5. The molecule has 1 aromatic rings. The van der Waals surface area contributed by atoms with Crippen LogP contribution in [0.4, 0.5) is 0 Å². The van der Waals surface area contributed by atoms with Crippen molar-refractivity contribution in [3.8, 4) is 0 Å². The van der Waals surface area contributed by atoms with Crippen molar-refractivity contribution in [1.29, 1.82) is 0 Å². The molecule has 2 heterocycles. The summed E-state index contributed by atoms with van der Waals surface area (Å²) in [5.74, 6) is 1.22. The van der Waals surface area contributed by atoms with E-state index in [1.54, 1.807) is 0 Å². The summed E-state index contributed by atoms with van der Waals surface area (Å²) in [6.07, 6.45) is 3.08. The number of hydrogen-bond donors (Lipinski definition) is 1. The first-order chi connectivity index (χ1) is 9.20. The molecule has 6 heteroatoms. The highest BCUT2D eigenvalue weighted by Crippen LogP contribution is 2.32. The number of ether oxygens (including phenoxy) is 1. The standard InChI is InChI=1S/C13H21N3O3/c1-3-4-6-14-11(17)8-10-15-13(19-16-10)12-9(2)5-7-18-12/h9,12H,3-8H2,1-2H3,(H,14,17)/t9-,12+/m1/s1. The van der Waals surface area contributed by atoms with E-state index in [0.717, 1.165) is 25.9 Å². The fourth-order valence-corrected chi connectivity index (χ4v) is 2.08. The SMILES string of the molecule is CCCCNC(=O)Cc1noc([C@H]2OCC[C@H]2C)n1. The van der Waals surface area contributed by atoms with Crippen molar-refractivity contribution in [2.45, 2.75) is 45.6 Å². The van der Waals surface area contributed by atoms with Crippen molar-refractivity contribution in [3.05, 3.63) is 11.7 Å². The molecule has 0 saturated carbocycles. The Kier molecular flexibility index (Phi) is 4.90. The van der Waals surface area contributed by atoms with Crippen LogP contribution in [-0.4, -0.2) is 29.2 Å². The van der Waals surface area contributed by atoms with Crippen molar-refractivity contribution < 1.29 is 14.1 Å². The second-order valence-electron chi connectivity index (χ2n) is 4.99. The highest BCUT2D eigenvalue weighted by molar-refractivity contribution is 5.77. The van der Waals surface area contributed by atoms with Gasteiger partial charge >= 0.3 is 0 Å². The molecule has 19 heavy (non-hydrogen) atoms. The van der Waals surface area contributed by atoms with Gasteiger partial charge in [0.1, 0.15) is 6.10 Å². The van der Waals surface area contributed by atoms with E-state index in [0.29, 0.717) is 24.2 Å². The summed E-state index contributed by atoms with van der Waals surface area (Å²) in [7, 11) is 0. The topological polar surface area (TPSA) is 77.2 Å². The number of hydrogen-bond acceptors (Lipinski definition) is 5. The van der Waals surface area contributed by atoms with Gasteiger partial charge in [-0.25, -0.2) is 0 Å². The molecule has 2 atom stereocenters. The molecule has 0 aromatic carbocycles. The summed E-state index contributed by atoms with van der Waals surface area (Å²) < 4.78 is 10.7. The van der Waals surface area contributed by atoms with Crippen molar-refractivity contribution in [2.24, 2.45) is 5.92 Å². The molecule has 1 aliphatic heterocycles.